The van der Waals surface area contributed by atoms with E-state index in [2.05, 4.69) is 10.3 Å². The summed E-state index contributed by atoms with van der Waals surface area (Å²) in [5.41, 5.74) is 0.715. The third-order valence-corrected chi connectivity index (χ3v) is 4.94. The Morgan fingerprint density at radius 3 is 2.73 bits per heavy atom. The summed E-state index contributed by atoms with van der Waals surface area (Å²) in [4.78, 5) is 31.6. The Bertz CT molecular complexity index is 962. The number of methoxy groups -OCH3 is 1. The van der Waals surface area contributed by atoms with Crippen molar-refractivity contribution in [3.63, 3.8) is 0 Å². The van der Waals surface area contributed by atoms with Crippen molar-refractivity contribution in [2.45, 2.75) is 6.04 Å². The first-order valence-corrected chi connectivity index (χ1v) is 8.92. The Hall–Kier alpha value is -2.71. The molecule has 7 nitrogen and oxygen atoms in total. The van der Waals surface area contributed by atoms with Crippen LogP contribution in [-0.2, 0) is 0 Å². The first-order chi connectivity index (χ1) is 12.5. The second-order valence-electron chi connectivity index (χ2n) is 6.00. The van der Waals surface area contributed by atoms with E-state index >= 15 is 0 Å². The first-order valence-electron chi connectivity index (χ1n) is 8.04. The zero-order valence-corrected chi connectivity index (χ0v) is 15.6. The maximum atomic E-state index is 12.5. The summed E-state index contributed by atoms with van der Waals surface area (Å²) >= 11 is 1.35. The lowest BCUT2D eigenvalue weighted by Gasteiger charge is -2.25. The predicted octanol–water partition coefficient (Wildman–Crippen LogP) is 1.80. The topological polar surface area (TPSA) is 75.9 Å². The molecular formula is C18H20N4O3S. The zero-order chi connectivity index (χ0) is 18.7. The van der Waals surface area contributed by atoms with Crippen LogP contribution in [0.25, 0.3) is 4.96 Å². The number of carbonyl (C=O) groups excluding carboxylic acids is 1. The van der Waals surface area contributed by atoms with Crippen LogP contribution in [0.3, 0.4) is 0 Å². The zero-order valence-electron chi connectivity index (χ0n) is 14.8. The summed E-state index contributed by atoms with van der Waals surface area (Å²) in [7, 11) is 5.50. The van der Waals surface area contributed by atoms with E-state index in [1.54, 1.807) is 18.7 Å². The van der Waals surface area contributed by atoms with Crippen LogP contribution in [0.15, 0.2) is 46.8 Å². The highest BCUT2D eigenvalue weighted by Gasteiger charge is 2.18. The number of amides is 1. The molecule has 0 aliphatic carbocycles. The lowest BCUT2D eigenvalue weighted by molar-refractivity contribution is 0.0940. The molecule has 2 heterocycles. The largest absolute Gasteiger partial charge is 0.497 e. The summed E-state index contributed by atoms with van der Waals surface area (Å²) in [6.07, 6.45) is 2.95. The Balaban J connectivity index is 1.76. The molecule has 0 saturated carbocycles. The Morgan fingerprint density at radius 1 is 1.35 bits per heavy atom. The van der Waals surface area contributed by atoms with Crippen LogP contribution in [0.1, 0.15) is 22.0 Å². The molecule has 0 fully saturated rings. The van der Waals surface area contributed by atoms with Gasteiger partial charge in [-0.05, 0) is 31.8 Å². The highest BCUT2D eigenvalue weighted by Crippen LogP contribution is 2.20. The number of ether oxygens (including phenoxy) is 1. The molecule has 0 spiro atoms. The van der Waals surface area contributed by atoms with E-state index in [0.717, 1.165) is 11.3 Å². The van der Waals surface area contributed by atoms with Crippen molar-refractivity contribution in [3.8, 4) is 5.75 Å². The third-order valence-electron chi connectivity index (χ3n) is 4.17. The fourth-order valence-corrected chi connectivity index (χ4v) is 3.36. The second kappa shape index (κ2) is 7.67. The van der Waals surface area contributed by atoms with Crippen LogP contribution in [-0.4, -0.2) is 47.9 Å². The van der Waals surface area contributed by atoms with Crippen LogP contribution < -0.4 is 15.6 Å². The van der Waals surface area contributed by atoms with Gasteiger partial charge in [0.1, 0.15) is 11.3 Å². The number of nitrogens with one attached hydrogen (secondary N) is 1. The smallest absolute Gasteiger partial charge is 0.271 e. The molecule has 3 rings (SSSR count). The number of rotatable bonds is 6. The molecule has 0 saturated heterocycles. The summed E-state index contributed by atoms with van der Waals surface area (Å²) in [6, 6.07) is 7.65. The van der Waals surface area contributed by atoms with Crippen LogP contribution in [0, 0.1) is 0 Å². The lowest BCUT2D eigenvalue weighted by Crippen LogP contribution is -2.37. The van der Waals surface area contributed by atoms with E-state index in [9.17, 15) is 9.59 Å². The van der Waals surface area contributed by atoms with Gasteiger partial charge >= 0.3 is 0 Å². The van der Waals surface area contributed by atoms with Gasteiger partial charge in [0.25, 0.3) is 11.5 Å². The number of nitrogens with zero attached hydrogens (tertiary/aromatic N) is 3. The quantitative estimate of drug-likeness (QED) is 0.714. The van der Waals surface area contributed by atoms with Crippen molar-refractivity contribution in [1.82, 2.24) is 19.6 Å². The Morgan fingerprint density at radius 2 is 2.08 bits per heavy atom. The highest BCUT2D eigenvalue weighted by atomic mass is 32.1. The van der Waals surface area contributed by atoms with Gasteiger partial charge in [0.05, 0.1) is 13.2 Å². The third kappa shape index (κ3) is 3.61. The molecule has 1 unspecified atom stereocenters. The van der Waals surface area contributed by atoms with Crippen LogP contribution >= 0.6 is 11.3 Å². The van der Waals surface area contributed by atoms with Crippen molar-refractivity contribution in [3.05, 3.63) is 63.5 Å². The van der Waals surface area contributed by atoms with Gasteiger partial charge in [-0.2, -0.15) is 0 Å². The molecule has 1 N–H and O–H groups in total. The molecule has 8 heteroatoms. The van der Waals surface area contributed by atoms with Gasteiger partial charge in [0, 0.05) is 24.3 Å². The minimum Gasteiger partial charge on any atom is -0.497 e. The number of likely N-dealkylation sites (N-methyl/N-ethyl adjacent to an activating group) is 1. The van der Waals surface area contributed by atoms with E-state index in [0.29, 0.717) is 11.5 Å². The van der Waals surface area contributed by atoms with Crippen LogP contribution in [0.4, 0.5) is 0 Å². The standard InChI is InChI=1S/C18H20N4O3S/c1-21(2)15(12-4-6-13(25-3)7-5-12)11-19-16(23)14-10-20-18-22(17(14)24)8-9-26-18/h4-10,15H,11H2,1-3H3,(H,19,23). The molecule has 1 amide bonds. The minimum absolute atomic E-state index is 0.0353. The van der Waals surface area contributed by atoms with Gasteiger partial charge in [-0.15, -0.1) is 11.3 Å². The van der Waals surface area contributed by atoms with Gasteiger partial charge in [-0.1, -0.05) is 12.1 Å². The fourth-order valence-electron chi connectivity index (χ4n) is 2.69. The molecule has 136 valence electrons. The number of benzene rings is 1. The predicted molar refractivity (Wildman–Crippen MR) is 101 cm³/mol. The maximum absolute atomic E-state index is 12.5. The van der Waals surface area contributed by atoms with Crippen molar-refractivity contribution in [2.24, 2.45) is 0 Å². The van der Waals surface area contributed by atoms with Crippen molar-refractivity contribution < 1.29 is 9.53 Å². The van der Waals surface area contributed by atoms with E-state index in [4.69, 9.17) is 4.74 Å². The van der Waals surface area contributed by atoms with Crippen molar-refractivity contribution >= 4 is 22.2 Å². The van der Waals surface area contributed by atoms with Gasteiger partial charge in [0.2, 0.25) is 0 Å². The number of hydrogen-bond donors (Lipinski definition) is 1. The molecule has 2 aromatic heterocycles. The molecule has 3 aromatic rings. The molecule has 0 aliphatic heterocycles. The number of fused-ring (bicyclic) bond motifs is 1. The monoisotopic (exact) mass is 372 g/mol. The van der Waals surface area contributed by atoms with E-state index in [-0.39, 0.29) is 17.2 Å². The average molecular weight is 372 g/mol. The minimum atomic E-state index is -0.427. The maximum Gasteiger partial charge on any atom is 0.271 e. The molecule has 26 heavy (non-hydrogen) atoms. The Labute approximate surface area is 154 Å². The van der Waals surface area contributed by atoms with E-state index in [1.165, 1.54) is 21.9 Å². The SMILES string of the molecule is COc1ccc(C(CNC(=O)c2cnc3sccn3c2=O)N(C)C)cc1. The summed E-state index contributed by atoms with van der Waals surface area (Å²) in [6.45, 7) is 0.365. The molecule has 0 aliphatic rings. The first kappa shape index (κ1) is 18.1. The molecule has 1 aromatic carbocycles. The van der Waals surface area contributed by atoms with Gasteiger partial charge in [0.15, 0.2) is 4.96 Å². The highest BCUT2D eigenvalue weighted by molar-refractivity contribution is 7.15. The van der Waals surface area contributed by atoms with E-state index < -0.39 is 5.91 Å². The number of hydrogen-bond acceptors (Lipinski definition) is 6. The summed E-state index contributed by atoms with van der Waals surface area (Å²) < 4.78 is 6.56. The number of aromatic nitrogens is 2. The van der Waals surface area contributed by atoms with Gasteiger partial charge in [-0.3, -0.25) is 14.0 Å². The van der Waals surface area contributed by atoms with E-state index in [1.807, 2.05) is 43.3 Å². The average Bonchev–Trinajstić information content (AvgIpc) is 3.12. The number of thiazole rings is 1. The van der Waals surface area contributed by atoms with Gasteiger partial charge in [-0.25, -0.2) is 4.98 Å². The lowest BCUT2D eigenvalue weighted by atomic mass is 10.1. The fraction of sp³-hybridized carbons (Fsp3) is 0.278. The molecule has 0 bridgehead atoms. The Kier molecular flexibility index (Phi) is 5.34. The molecular weight excluding hydrogens is 352 g/mol. The normalized spacial score (nSPS) is 12.3. The summed E-state index contributed by atoms with van der Waals surface area (Å²) in [5.74, 6) is 0.349. The van der Waals surface area contributed by atoms with Crippen LogP contribution in [0.5, 0.6) is 5.75 Å². The van der Waals surface area contributed by atoms with Crippen LogP contribution in [0.2, 0.25) is 0 Å². The van der Waals surface area contributed by atoms with Crippen molar-refractivity contribution in [2.75, 3.05) is 27.7 Å². The number of carbonyl (C=O) groups is 1. The second-order valence-corrected chi connectivity index (χ2v) is 6.87. The van der Waals surface area contributed by atoms with Crippen molar-refractivity contribution in [1.29, 1.82) is 0 Å². The summed E-state index contributed by atoms with van der Waals surface area (Å²) in [5, 5.41) is 4.60. The molecule has 0 radical (unpaired) electrons. The van der Waals surface area contributed by atoms with Gasteiger partial charge < -0.3 is 15.0 Å². The molecule has 1 atom stereocenters.